The highest BCUT2D eigenvalue weighted by Gasteiger charge is 2.48. The van der Waals surface area contributed by atoms with Gasteiger partial charge in [-0.1, -0.05) is 18.2 Å². The lowest BCUT2D eigenvalue weighted by atomic mass is 9.92. The quantitative estimate of drug-likeness (QED) is 0.225. The summed E-state index contributed by atoms with van der Waals surface area (Å²) in [4.78, 5) is 31.9. The number of ketones is 1. The normalized spacial score (nSPS) is 17.1. The topological polar surface area (TPSA) is 91.9 Å². The molecule has 0 saturated carbocycles. The van der Waals surface area contributed by atoms with E-state index >= 15 is 0 Å². The number of aryl methyl sites for hydroxylation is 2. The molecule has 3 aromatic carbocycles. The third-order valence-corrected chi connectivity index (χ3v) is 6.70. The van der Waals surface area contributed by atoms with Gasteiger partial charge in [0.1, 0.15) is 17.3 Å². The van der Waals surface area contributed by atoms with Gasteiger partial charge in [0.2, 0.25) is 0 Å². The van der Waals surface area contributed by atoms with E-state index in [1.165, 1.54) is 4.90 Å². The lowest BCUT2D eigenvalue weighted by Crippen LogP contribution is -2.29. The largest absolute Gasteiger partial charge is 0.507 e. The number of aliphatic hydroxyl groups excluding tert-OH is 1. The van der Waals surface area contributed by atoms with Crippen molar-refractivity contribution in [3.63, 3.8) is 0 Å². The van der Waals surface area contributed by atoms with Crippen molar-refractivity contribution in [3.8, 4) is 11.5 Å². The minimum Gasteiger partial charge on any atom is -0.507 e. The number of Topliss-reactive ketones (excluding diaryl/α,β-unsaturated/α-hetero) is 1. The third kappa shape index (κ3) is 3.60. The van der Waals surface area contributed by atoms with E-state index in [9.17, 15) is 14.7 Å². The Balaban J connectivity index is 1.79. The van der Waals surface area contributed by atoms with Gasteiger partial charge in [0.15, 0.2) is 0 Å². The van der Waals surface area contributed by atoms with Gasteiger partial charge in [-0.05, 0) is 67.9 Å². The van der Waals surface area contributed by atoms with E-state index < -0.39 is 17.7 Å². The number of aromatic amines is 1. The molecule has 7 heteroatoms. The molecular formula is C29H26N2O5. The van der Waals surface area contributed by atoms with Crippen molar-refractivity contribution < 1.29 is 24.2 Å². The zero-order valence-corrected chi connectivity index (χ0v) is 20.5. The Bertz CT molecular complexity index is 1530. The lowest BCUT2D eigenvalue weighted by molar-refractivity contribution is -0.132. The van der Waals surface area contributed by atoms with E-state index in [1.54, 1.807) is 56.7 Å². The van der Waals surface area contributed by atoms with Crippen LogP contribution < -0.4 is 14.4 Å². The van der Waals surface area contributed by atoms with Crippen molar-refractivity contribution in [1.29, 1.82) is 0 Å². The Morgan fingerprint density at radius 2 is 1.58 bits per heavy atom. The van der Waals surface area contributed by atoms with Crippen molar-refractivity contribution in [2.24, 2.45) is 0 Å². The number of para-hydroxylation sites is 1. The van der Waals surface area contributed by atoms with Crippen molar-refractivity contribution in [3.05, 3.63) is 94.7 Å². The predicted octanol–water partition coefficient (Wildman–Crippen LogP) is 5.43. The zero-order valence-electron chi connectivity index (χ0n) is 20.5. The Hall–Kier alpha value is -4.52. The van der Waals surface area contributed by atoms with Gasteiger partial charge in [-0.3, -0.25) is 14.5 Å². The fourth-order valence-corrected chi connectivity index (χ4v) is 4.94. The number of carbonyl (C=O) groups is 2. The smallest absolute Gasteiger partial charge is 0.300 e. The van der Waals surface area contributed by atoms with Gasteiger partial charge in [0.05, 0.1) is 25.8 Å². The molecule has 1 amide bonds. The number of carbonyl (C=O) groups excluding carboxylic acids is 2. The molecule has 0 spiro atoms. The summed E-state index contributed by atoms with van der Waals surface area (Å²) in [6, 6.07) is 19.0. The Labute approximate surface area is 208 Å². The number of hydrogen-bond acceptors (Lipinski definition) is 5. The van der Waals surface area contributed by atoms with Crippen LogP contribution in [0.25, 0.3) is 16.7 Å². The molecule has 2 N–H and O–H groups in total. The number of fused-ring (bicyclic) bond motifs is 1. The van der Waals surface area contributed by atoms with E-state index in [0.29, 0.717) is 22.7 Å². The second-order valence-electron chi connectivity index (χ2n) is 8.76. The molecule has 0 aliphatic carbocycles. The molecule has 1 aliphatic heterocycles. The molecule has 1 fully saturated rings. The summed E-state index contributed by atoms with van der Waals surface area (Å²) in [6.07, 6.45) is 0. The SMILES string of the molecule is COc1ccc(N2C(=O)C(=O)/C(=C(/O)c3ccc(OC)cc3C)C2c2c(C)[nH]c3ccccc23)cc1. The van der Waals surface area contributed by atoms with Crippen LogP contribution in [0.5, 0.6) is 11.5 Å². The molecule has 5 rings (SSSR count). The number of amides is 1. The number of benzene rings is 3. The number of nitrogens with one attached hydrogen (secondary N) is 1. The van der Waals surface area contributed by atoms with Crippen LogP contribution in [0.2, 0.25) is 0 Å². The van der Waals surface area contributed by atoms with E-state index in [4.69, 9.17) is 9.47 Å². The standard InChI is InChI=1S/C29H26N2O5/c1-16-15-20(36-4)13-14-21(16)27(32)25-26(24-17(2)30-23-8-6-5-7-22(23)24)31(29(34)28(25)33)18-9-11-19(35-3)12-10-18/h5-15,26,30,32H,1-4H3/b27-25+. The number of aromatic nitrogens is 1. The number of hydrogen-bond donors (Lipinski definition) is 2. The van der Waals surface area contributed by atoms with E-state index in [0.717, 1.165) is 27.7 Å². The molecule has 1 atom stereocenters. The monoisotopic (exact) mass is 482 g/mol. The van der Waals surface area contributed by atoms with Crippen LogP contribution in [0.4, 0.5) is 5.69 Å². The van der Waals surface area contributed by atoms with Crippen LogP contribution in [0.1, 0.15) is 28.4 Å². The summed E-state index contributed by atoms with van der Waals surface area (Å²) < 4.78 is 10.6. The maximum Gasteiger partial charge on any atom is 0.300 e. The van der Waals surface area contributed by atoms with Gasteiger partial charge in [0.25, 0.3) is 11.7 Å². The van der Waals surface area contributed by atoms with Crippen LogP contribution in [0.15, 0.2) is 72.3 Å². The highest BCUT2D eigenvalue weighted by atomic mass is 16.5. The second-order valence-corrected chi connectivity index (χ2v) is 8.76. The van der Waals surface area contributed by atoms with Gasteiger partial charge >= 0.3 is 0 Å². The van der Waals surface area contributed by atoms with Crippen molar-refractivity contribution in [2.75, 3.05) is 19.1 Å². The molecule has 0 radical (unpaired) electrons. The minimum atomic E-state index is -0.837. The maximum absolute atomic E-state index is 13.5. The molecule has 1 unspecified atom stereocenters. The lowest BCUT2D eigenvalue weighted by Gasteiger charge is -2.26. The number of H-pyrrole nitrogens is 1. The summed E-state index contributed by atoms with van der Waals surface area (Å²) >= 11 is 0. The van der Waals surface area contributed by atoms with Crippen LogP contribution in [0, 0.1) is 13.8 Å². The van der Waals surface area contributed by atoms with Crippen molar-refractivity contribution in [1.82, 2.24) is 4.98 Å². The molecule has 1 saturated heterocycles. The number of anilines is 1. The van der Waals surface area contributed by atoms with Crippen LogP contribution >= 0.6 is 0 Å². The fraction of sp³-hybridized carbons (Fsp3) is 0.172. The van der Waals surface area contributed by atoms with Crippen molar-refractivity contribution in [2.45, 2.75) is 19.9 Å². The van der Waals surface area contributed by atoms with Crippen LogP contribution in [-0.4, -0.2) is 36.0 Å². The number of methoxy groups -OCH3 is 2. The second kappa shape index (κ2) is 8.92. The van der Waals surface area contributed by atoms with Gasteiger partial charge in [-0.2, -0.15) is 0 Å². The fourth-order valence-electron chi connectivity index (χ4n) is 4.94. The number of ether oxygens (including phenoxy) is 2. The zero-order chi connectivity index (χ0) is 25.6. The number of aliphatic hydroxyl groups is 1. The average molecular weight is 483 g/mol. The molecule has 4 aromatic rings. The van der Waals surface area contributed by atoms with Gasteiger partial charge < -0.3 is 19.6 Å². The Kier molecular flexibility index (Phi) is 5.76. The first-order valence-electron chi connectivity index (χ1n) is 11.5. The Morgan fingerprint density at radius 1 is 0.917 bits per heavy atom. The summed E-state index contributed by atoms with van der Waals surface area (Å²) in [5.74, 6) is -0.411. The Morgan fingerprint density at radius 3 is 2.25 bits per heavy atom. The van der Waals surface area contributed by atoms with E-state index in [1.807, 2.05) is 38.1 Å². The average Bonchev–Trinajstić information content (AvgIpc) is 3.35. The maximum atomic E-state index is 13.5. The highest BCUT2D eigenvalue weighted by molar-refractivity contribution is 6.52. The summed E-state index contributed by atoms with van der Waals surface area (Å²) in [5, 5.41) is 12.4. The van der Waals surface area contributed by atoms with Gasteiger partial charge in [0, 0.05) is 33.4 Å². The molecule has 36 heavy (non-hydrogen) atoms. The summed E-state index contributed by atoms with van der Waals surface area (Å²) in [5.41, 5.74) is 4.19. The first-order chi connectivity index (χ1) is 17.3. The first-order valence-corrected chi connectivity index (χ1v) is 11.5. The third-order valence-electron chi connectivity index (χ3n) is 6.70. The molecule has 1 aromatic heterocycles. The molecule has 2 heterocycles. The van der Waals surface area contributed by atoms with Crippen molar-refractivity contribution >= 4 is 34.0 Å². The van der Waals surface area contributed by atoms with E-state index in [2.05, 4.69) is 4.98 Å². The molecular weight excluding hydrogens is 456 g/mol. The summed E-state index contributed by atoms with van der Waals surface area (Å²) in [6.45, 7) is 3.73. The summed E-state index contributed by atoms with van der Waals surface area (Å²) in [7, 11) is 3.13. The van der Waals surface area contributed by atoms with E-state index in [-0.39, 0.29) is 11.3 Å². The van der Waals surface area contributed by atoms with Gasteiger partial charge in [-0.25, -0.2) is 0 Å². The number of nitrogens with zero attached hydrogens (tertiary/aromatic N) is 1. The molecule has 182 valence electrons. The molecule has 0 bridgehead atoms. The molecule has 7 nitrogen and oxygen atoms in total. The first kappa shape index (κ1) is 23.2. The minimum absolute atomic E-state index is 0.0388. The highest BCUT2D eigenvalue weighted by Crippen LogP contribution is 2.46. The van der Waals surface area contributed by atoms with Gasteiger partial charge in [-0.15, -0.1) is 0 Å². The van der Waals surface area contributed by atoms with Crippen LogP contribution in [-0.2, 0) is 9.59 Å². The van der Waals surface area contributed by atoms with Crippen LogP contribution in [0.3, 0.4) is 0 Å². The predicted molar refractivity (Wildman–Crippen MR) is 139 cm³/mol. The number of rotatable bonds is 5. The molecule has 1 aliphatic rings.